The number of rotatable bonds is 8. The molecule has 0 bridgehead atoms. The van der Waals surface area contributed by atoms with Gasteiger partial charge < -0.3 is 25.1 Å². The third-order valence-corrected chi connectivity index (χ3v) is 5.21. The van der Waals surface area contributed by atoms with E-state index in [2.05, 4.69) is 10.2 Å². The number of aliphatic imine (C=N–C) groups is 1. The van der Waals surface area contributed by atoms with Crippen LogP contribution < -0.4 is 5.32 Å². The fraction of sp³-hybridized carbons (Fsp3) is 0.455. The molecule has 1 aromatic carbocycles. The largest absolute Gasteiger partial charge is 0.384 e. The van der Waals surface area contributed by atoms with Crippen molar-refractivity contribution in [1.82, 2.24) is 10.2 Å². The molecule has 2 N–H and O–H groups in total. The number of amidine groups is 1. The Hall–Kier alpha value is -2.51. The second-order valence-electron chi connectivity index (χ2n) is 7.04. The molecule has 2 aliphatic heterocycles. The van der Waals surface area contributed by atoms with Crippen LogP contribution in [-0.2, 0) is 15.9 Å². The molecule has 0 unspecified atom stereocenters. The number of hydrogen-bond donors (Lipinski definition) is 2. The van der Waals surface area contributed by atoms with Gasteiger partial charge >= 0.3 is 0 Å². The second kappa shape index (κ2) is 10.3. The molecule has 1 saturated heterocycles. The lowest BCUT2D eigenvalue weighted by atomic mass is 9.96. The van der Waals surface area contributed by atoms with E-state index in [-0.39, 0.29) is 11.9 Å². The quantitative estimate of drug-likeness (QED) is 0.655. The third kappa shape index (κ3) is 5.10. The van der Waals surface area contributed by atoms with E-state index in [9.17, 15) is 4.39 Å². The summed E-state index contributed by atoms with van der Waals surface area (Å²) in [5.41, 5.74) is 2.80. The Labute approximate surface area is 171 Å². The number of ether oxygens (including phenoxy) is 2. The summed E-state index contributed by atoms with van der Waals surface area (Å²) in [4.78, 5) is 6.98. The molecule has 0 aromatic heterocycles. The molecule has 0 aliphatic carbocycles. The Kier molecular flexibility index (Phi) is 7.55. The predicted molar refractivity (Wildman–Crippen MR) is 113 cm³/mol. The van der Waals surface area contributed by atoms with Gasteiger partial charge in [-0.1, -0.05) is 6.07 Å². The average Bonchev–Trinajstić information content (AvgIpc) is 3.23. The van der Waals surface area contributed by atoms with E-state index >= 15 is 0 Å². The van der Waals surface area contributed by atoms with Crippen LogP contribution in [0.2, 0.25) is 0 Å². The van der Waals surface area contributed by atoms with Crippen LogP contribution in [0, 0.1) is 11.2 Å². The smallest absolute Gasteiger partial charge is 0.139 e. The van der Waals surface area contributed by atoms with Crippen LogP contribution >= 0.6 is 0 Å². The molecule has 0 radical (unpaired) electrons. The lowest BCUT2D eigenvalue weighted by Gasteiger charge is -2.30. The summed E-state index contributed by atoms with van der Waals surface area (Å²) in [6.07, 6.45) is 7.74. The average molecular weight is 400 g/mol. The molecule has 1 aromatic rings. The Balaban J connectivity index is 1.91. The van der Waals surface area contributed by atoms with Gasteiger partial charge in [-0.25, -0.2) is 9.38 Å². The Morgan fingerprint density at radius 2 is 2.31 bits per heavy atom. The van der Waals surface area contributed by atoms with Crippen LogP contribution in [0.25, 0.3) is 0 Å². The molecule has 0 saturated carbocycles. The van der Waals surface area contributed by atoms with Crippen molar-refractivity contribution in [3.63, 3.8) is 0 Å². The van der Waals surface area contributed by atoms with Gasteiger partial charge in [0.05, 0.1) is 19.3 Å². The minimum Gasteiger partial charge on any atom is -0.384 e. The van der Waals surface area contributed by atoms with E-state index in [1.165, 1.54) is 12.3 Å². The van der Waals surface area contributed by atoms with E-state index in [1.54, 1.807) is 13.2 Å². The lowest BCUT2D eigenvalue weighted by Crippen LogP contribution is -2.32. The van der Waals surface area contributed by atoms with Gasteiger partial charge in [0.25, 0.3) is 0 Å². The number of benzene rings is 1. The SMILES string of the molecule is CCOC/C(C=N)=C1\N=C(N2CCC[C@@H]2c2cc(F)ccc2CCOC)C=CN1. The molecular weight excluding hydrogens is 371 g/mol. The standard InChI is InChI=1S/C22H29FN4O2/c1-3-29-15-17(14-24)22-25-10-8-21(26-22)27-11-4-5-20(27)19-13-18(23)7-6-16(19)9-12-28-2/h6-8,10,13-14,20,24-25H,3-5,9,11-12,15H2,1-2H3/b22-17-,24-14?/t20-/m1/s1. The number of hydrogen-bond acceptors (Lipinski definition) is 6. The van der Waals surface area contributed by atoms with Crippen molar-refractivity contribution in [2.75, 3.05) is 33.5 Å². The van der Waals surface area contributed by atoms with E-state index in [1.807, 2.05) is 25.3 Å². The fourth-order valence-corrected chi connectivity index (χ4v) is 3.77. The summed E-state index contributed by atoms with van der Waals surface area (Å²) in [5.74, 6) is 1.22. The molecule has 3 rings (SSSR count). The summed E-state index contributed by atoms with van der Waals surface area (Å²) in [6, 6.07) is 5.09. The van der Waals surface area contributed by atoms with E-state index in [0.29, 0.717) is 31.2 Å². The molecule has 2 aliphatic rings. The van der Waals surface area contributed by atoms with Crippen LogP contribution in [0.1, 0.15) is 36.9 Å². The van der Waals surface area contributed by atoms with Crippen molar-refractivity contribution >= 4 is 12.1 Å². The molecule has 0 spiro atoms. The second-order valence-corrected chi connectivity index (χ2v) is 7.04. The molecule has 29 heavy (non-hydrogen) atoms. The number of halogens is 1. The van der Waals surface area contributed by atoms with E-state index in [0.717, 1.165) is 42.8 Å². The van der Waals surface area contributed by atoms with Crippen LogP contribution in [0.4, 0.5) is 4.39 Å². The van der Waals surface area contributed by atoms with Gasteiger partial charge in [0.15, 0.2) is 0 Å². The van der Waals surface area contributed by atoms with Crippen LogP contribution in [0.5, 0.6) is 0 Å². The number of nitrogens with one attached hydrogen (secondary N) is 2. The third-order valence-electron chi connectivity index (χ3n) is 5.21. The van der Waals surface area contributed by atoms with Crippen molar-refractivity contribution < 1.29 is 13.9 Å². The van der Waals surface area contributed by atoms with Crippen LogP contribution in [0.15, 0.2) is 46.9 Å². The maximum atomic E-state index is 14.1. The van der Waals surface area contributed by atoms with Gasteiger partial charge in [-0.05, 0) is 55.5 Å². The molecule has 6 nitrogen and oxygen atoms in total. The molecule has 2 heterocycles. The van der Waals surface area contributed by atoms with Gasteiger partial charge in [-0.2, -0.15) is 0 Å². The summed E-state index contributed by atoms with van der Waals surface area (Å²) in [7, 11) is 1.68. The van der Waals surface area contributed by atoms with Crippen molar-refractivity contribution in [2.45, 2.75) is 32.2 Å². The van der Waals surface area contributed by atoms with Crippen molar-refractivity contribution in [3.8, 4) is 0 Å². The predicted octanol–water partition coefficient (Wildman–Crippen LogP) is 3.56. The Bertz CT molecular complexity index is 819. The highest BCUT2D eigenvalue weighted by Crippen LogP contribution is 2.35. The van der Waals surface area contributed by atoms with Gasteiger partial charge in [0, 0.05) is 38.2 Å². The lowest BCUT2D eigenvalue weighted by molar-refractivity contribution is 0.173. The monoisotopic (exact) mass is 400 g/mol. The zero-order valence-electron chi connectivity index (χ0n) is 17.1. The minimum atomic E-state index is -0.223. The summed E-state index contributed by atoms with van der Waals surface area (Å²) in [6.45, 7) is 4.29. The summed E-state index contributed by atoms with van der Waals surface area (Å²) >= 11 is 0. The van der Waals surface area contributed by atoms with Crippen molar-refractivity contribution in [3.05, 3.63) is 58.8 Å². The summed E-state index contributed by atoms with van der Waals surface area (Å²) < 4.78 is 24.8. The topological polar surface area (TPSA) is 69.9 Å². The highest BCUT2D eigenvalue weighted by Gasteiger charge is 2.30. The molecule has 0 amide bonds. The molecular formula is C22H29FN4O2. The van der Waals surface area contributed by atoms with Gasteiger partial charge in [-0.3, -0.25) is 0 Å². The van der Waals surface area contributed by atoms with Gasteiger partial charge in [0.2, 0.25) is 0 Å². The van der Waals surface area contributed by atoms with Crippen molar-refractivity contribution in [2.24, 2.45) is 4.99 Å². The van der Waals surface area contributed by atoms with Crippen LogP contribution in [0.3, 0.4) is 0 Å². The van der Waals surface area contributed by atoms with E-state index < -0.39 is 0 Å². The van der Waals surface area contributed by atoms with Gasteiger partial charge in [0.1, 0.15) is 17.5 Å². The number of nitrogens with zero attached hydrogens (tertiary/aromatic N) is 2. The van der Waals surface area contributed by atoms with Crippen molar-refractivity contribution in [1.29, 1.82) is 5.41 Å². The molecule has 156 valence electrons. The Morgan fingerprint density at radius 3 is 3.07 bits per heavy atom. The molecule has 1 atom stereocenters. The molecule has 1 fully saturated rings. The van der Waals surface area contributed by atoms with Gasteiger partial charge in [-0.15, -0.1) is 0 Å². The first-order valence-electron chi connectivity index (χ1n) is 10.0. The first-order chi connectivity index (χ1) is 14.2. The van der Waals surface area contributed by atoms with E-state index in [4.69, 9.17) is 19.9 Å². The summed E-state index contributed by atoms with van der Waals surface area (Å²) in [5, 5.41) is 10.8. The first-order valence-corrected chi connectivity index (χ1v) is 10.0. The normalized spacial score (nSPS) is 20.4. The Morgan fingerprint density at radius 1 is 1.45 bits per heavy atom. The maximum Gasteiger partial charge on any atom is 0.139 e. The highest BCUT2D eigenvalue weighted by atomic mass is 19.1. The zero-order valence-corrected chi connectivity index (χ0v) is 17.1. The molecule has 7 heteroatoms. The maximum absolute atomic E-state index is 14.1. The highest BCUT2D eigenvalue weighted by molar-refractivity contribution is 5.95. The zero-order chi connectivity index (χ0) is 20.6. The first kappa shape index (κ1) is 21.2. The minimum absolute atomic E-state index is 0.0654. The van der Waals surface area contributed by atoms with Crippen LogP contribution in [-0.4, -0.2) is 50.4 Å². The number of likely N-dealkylation sites (tertiary alicyclic amines) is 1. The number of methoxy groups -OCH3 is 1. The fourth-order valence-electron chi connectivity index (χ4n) is 3.77.